The quantitative estimate of drug-likeness (QED) is 0.706. The molecular weight excluding hydrogens is 268 g/mol. The molecule has 0 spiro atoms. The molecule has 0 atom stereocenters. The second-order valence-electron chi connectivity index (χ2n) is 4.24. The minimum Gasteiger partial charge on any atom is -0.481 e. The molecule has 0 saturated heterocycles. The van der Waals surface area contributed by atoms with E-state index in [1.165, 1.54) is 20.3 Å². The molecule has 1 fully saturated rings. The molecule has 1 aliphatic carbocycles. The fourth-order valence-electron chi connectivity index (χ4n) is 1.54. The highest BCUT2D eigenvalue weighted by Crippen LogP contribution is 2.35. The standard InChI is InChI=1S/C11H14N4O5/c1-19-6-5-7(20-2)13-9(12-6)14-10(18)15-11(3-4-11)8(16)17/h5H,3-4H2,1-2H3,(H,16,17)(H2,12,13,14,15,18). The molecule has 9 nitrogen and oxygen atoms in total. The van der Waals surface area contributed by atoms with E-state index in [2.05, 4.69) is 20.6 Å². The molecule has 20 heavy (non-hydrogen) atoms. The van der Waals surface area contributed by atoms with Gasteiger partial charge in [-0.15, -0.1) is 0 Å². The number of hydrogen-bond acceptors (Lipinski definition) is 6. The number of carboxylic acid groups (broad SMARTS) is 1. The third kappa shape index (κ3) is 2.87. The lowest BCUT2D eigenvalue weighted by molar-refractivity contribution is -0.140. The molecular formula is C11H14N4O5. The van der Waals surface area contributed by atoms with E-state index in [9.17, 15) is 9.59 Å². The summed E-state index contributed by atoms with van der Waals surface area (Å²) in [6, 6.07) is 0.753. The van der Waals surface area contributed by atoms with Crippen molar-refractivity contribution >= 4 is 17.9 Å². The molecule has 2 amide bonds. The molecule has 1 saturated carbocycles. The Balaban J connectivity index is 2.06. The Morgan fingerprint density at radius 3 is 2.20 bits per heavy atom. The lowest BCUT2D eigenvalue weighted by Gasteiger charge is -2.13. The molecule has 1 heterocycles. The predicted molar refractivity (Wildman–Crippen MR) is 66.9 cm³/mol. The number of nitrogens with one attached hydrogen (secondary N) is 2. The molecule has 0 aromatic carbocycles. The molecule has 3 N–H and O–H groups in total. The van der Waals surface area contributed by atoms with Crippen molar-refractivity contribution in [3.8, 4) is 11.8 Å². The van der Waals surface area contributed by atoms with E-state index < -0.39 is 17.5 Å². The minimum atomic E-state index is -1.17. The maximum Gasteiger partial charge on any atom is 0.329 e. The van der Waals surface area contributed by atoms with Crippen molar-refractivity contribution in [1.29, 1.82) is 0 Å². The molecule has 9 heteroatoms. The number of amides is 2. The zero-order valence-electron chi connectivity index (χ0n) is 11.0. The minimum absolute atomic E-state index is 0.0418. The van der Waals surface area contributed by atoms with Crippen LogP contribution in [0, 0.1) is 0 Å². The zero-order valence-corrected chi connectivity index (χ0v) is 11.0. The van der Waals surface area contributed by atoms with Crippen LogP contribution >= 0.6 is 0 Å². The molecule has 108 valence electrons. The van der Waals surface area contributed by atoms with Crippen LogP contribution in [0.2, 0.25) is 0 Å². The fraction of sp³-hybridized carbons (Fsp3) is 0.455. The van der Waals surface area contributed by atoms with E-state index in [0.717, 1.165) is 0 Å². The van der Waals surface area contributed by atoms with Gasteiger partial charge < -0.3 is 19.9 Å². The first-order chi connectivity index (χ1) is 9.49. The van der Waals surface area contributed by atoms with Crippen LogP contribution < -0.4 is 20.1 Å². The Morgan fingerprint density at radius 2 is 1.80 bits per heavy atom. The van der Waals surface area contributed by atoms with E-state index in [0.29, 0.717) is 12.8 Å². The molecule has 1 aromatic heterocycles. The first-order valence-electron chi connectivity index (χ1n) is 5.79. The third-order valence-electron chi connectivity index (χ3n) is 2.83. The Bertz CT molecular complexity index is 521. The molecule has 1 aliphatic rings. The third-order valence-corrected chi connectivity index (χ3v) is 2.83. The van der Waals surface area contributed by atoms with E-state index in [4.69, 9.17) is 14.6 Å². The van der Waals surface area contributed by atoms with Crippen molar-refractivity contribution < 1.29 is 24.2 Å². The molecule has 0 aliphatic heterocycles. The summed E-state index contributed by atoms with van der Waals surface area (Å²) < 4.78 is 9.87. The Morgan fingerprint density at radius 1 is 1.25 bits per heavy atom. The first-order valence-corrected chi connectivity index (χ1v) is 5.79. The number of nitrogens with zero attached hydrogens (tertiary/aromatic N) is 2. The van der Waals surface area contributed by atoms with Crippen molar-refractivity contribution in [1.82, 2.24) is 15.3 Å². The first kappa shape index (κ1) is 13.8. The van der Waals surface area contributed by atoms with Crippen LogP contribution in [0.1, 0.15) is 12.8 Å². The monoisotopic (exact) mass is 282 g/mol. The number of carbonyl (C=O) groups is 2. The summed E-state index contributed by atoms with van der Waals surface area (Å²) in [6.07, 6.45) is 0.802. The second-order valence-corrected chi connectivity index (χ2v) is 4.24. The normalized spacial score (nSPS) is 15.1. The van der Waals surface area contributed by atoms with Crippen LogP contribution in [-0.4, -0.2) is 46.8 Å². The summed E-state index contributed by atoms with van der Waals surface area (Å²) in [5.74, 6) is -0.672. The highest BCUT2D eigenvalue weighted by molar-refractivity contribution is 5.94. The summed E-state index contributed by atoms with van der Waals surface area (Å²) in [7, 11) is 2.82. The van der Waals surface area contributed by atoms with Crippen molar-refractivity contribution in [3.05, 3.63) is 6.07 Å². The highest BCUT2D eigenvalue weighted by Gasteiger charge is 2.51. The van der Waals surface area contributed by atoms with E-state index in [1.807, 2.05) is 0 Å². The van der Waals surface area contributed by atoms with E-state index in [-0.39, 0.29) is 17.7 Å². The average Bonchev–Trinajstić information content (AvgIpc) is 3.18. The summed E-state index contributed by atoms with van der Waals surface area (Å²) in [5.41, 5.74) is -1.17. The molecule has 2 rings (SSSR count). The largest absolute Gasteiger partial charge is 0.481 e. The number of carboxylic acids is 1. The van der Waals surface area contributed by atoms with Gasteiger partial charge in [0.1, 0.15) is 5.54 Å². The number of methoxy groups -OCH3 is 2. The predicted octanol–water partition coefficient (Wildman–Crippen LogP) is 0.232. The maximum atomic E-state index is 11.7. The van der Waals surface area contributed by atoms with Crippen LogP contribution in [0.15, 0.2) is 6.07 Å². The second kappa shape index (κ2) is 5.19. The smallest absolute Gasteiger partial charge is 0.329 e. The van der Waals surface area contributed by atoms with Crippen LogP contribution in [-0.2, 0) is 4.79 Å². The summed E-state index contributed by atoms with van der Waals surface area (Å²) in [5, 5.41) is 13.7. The fourth-order valence-corrected chi connectivity index (χ4v) is 1.54. The van der Waals surface area contributed by atoms with Gasteiger partial charge in [0.15, 0.2) is 0 Å². The maximum absolute atomic E-state index is 11.7. The number of hydrogen-bond donors (Lipinski definition) is 3. The lowest BCUT2D eigenvalue weighted by atomic mass is 10.3. The van der Waals surface area contributed by atoms with Gasteiger partial charge in [-0.2, -0.15) is 9.97 Å². The highest BCUT2D eigenvalue weighted by atomic mass is 16.5. The van der Waals surface area contributed by atoms with Gasteiger partial charge in [-0.05, 0) is 12.8 Å². The van der Waals surface area contributed by atoms with Crippen molar-refractivity contribution in [2.45, 2.75) is 18.4 Å². The number of anilines is 1. The van der Waals surface area contributed by atoms with Crippen LogP contribution in [0.4, 0.5) is 10.7 Å². The van der Waals surface area contributed by atoms with Gasteiger partial charge in [0.05, 0.1) is 20.3 Å². The SMILES string of the molecule is COc1cc(OC)nc(NC(=O)NC2(C(=O)O)CC2)n1. The summed E-state index contributed by atoms with van der Waals surface area (Å²) in [4.78, 5) is 30.5. The van der Waals surface area contributed by atoms with Gasteiger partial charge in [0.25, 0.3) is 0 Å². The Hall–Kier alpha value is -2.58. The number of urea groups is 1. The number of aliphatic carboxylic acids is 1. The van der Waals surface area contributed by atoms with Crippen LogP contribution in [0.25, 0.3) is 0 Å². The van der Waals surface area contributed by atoms with Crippen molar-refractivity contribution in [3.63, 3.8) is 0 Å². The molecule has 0 unspecified atom stereocenters. The molecule has 0 radical (unpaired) electrons. The average molecular weight is 282 g/mol. The number of rotatable bonds is 5. The van der Waals surface area contributed by atoms with Gasteiger partial charge >= 0.3 is 12.0 Å². The summed E-state index contributed by atoms with van der Waals surface area (Å²) in [6.45, 7) is 0. The summed E-state index contributed by atoms with van der Waals surface area (Å²) >= 11 is 0. The Kier molecular flexibility index (Phi) is 3.59. The van der Waals surface area contributed by atoms with E-state index in [1.54, 1.807) is 0 Å². The van der Waals surface area contributed by atoms with Gasteiger partial charge in [-0.25, -0.2) is 9.59 Å². The van der Waals surface area contributed by atoms with Crippen molar-refractivity contribution in [2.24, 2.45) is 0 Å². The van der Waals surface area contributed by atoms with Crippen LogP contribution in [0.5, 0.6) is 11.8 Å². The van der Waals surface area contributed by atoms with Crippen molar-refractivity contribution in [2.75, 3.05) is 19.5 Å². The van der Waals surface area contributed by atoms with Gasteiger partial charge in [0.2, 0.25) is 17.7 Å². The number of aromatic nitrogens is 2. The Labute approximate surface area is 114 Å². The van der Waals surface area contributed by atoms with Gasteiger partial charge in [-0.3, -0.25) is 5.32 Å². The van der Waals surface area contributed by atoms with Crippen LogP contribution in [0.3, 0.4) is 0 Å². The van der Waals surface area contributed by atoms with Gasteiger partial charge in [0, 0.05) is 0 Å². The van der Waals surface area contributed by atoms with E-state index >= 15 is 0 Å². The molecule has 0 bridgehead atoms. The van der Waals surface area contributed by atoms with Gasteiger partial charge in [-0.1, -0.05) is 0 Å². The number of ether oxygens (including phenoxy) is 2. The molecule has 1 aromatic rings. The number of carbonyl (C=O) groups excluding carboxylic acids is 1. The lowest BCUT2D eigenvalue weighted by Crippen LogP contribution is -2.45. The topological polar surface area (TPSA) is 123 Å². The zero-order chi connectivity index (χ0) is 14.8.